The standard InChI is InChI=1S/C6H12.C3H4O4/c1-5(2)6(3)4;4-2(5)1-3(6)7/h1-4H3;1H2,(H,4,5)(H,6,7). The van der Waals surface area contributed by atoms with Gasteiger partial charge in [-0.1, -0.05) is 11.1 Å². The third-order valence-electron chi connectivity index (χ3n) is 1.30. The Labute approximate surface area is 77.9 Å². The van der Waals surface area contributed by atoms with Crippen LogP contribution in [0.5, 0.6) is 0 Å². The van der Waals surface area contributed by atoms with Gasteiger partial charge < -0.3 is 10.2 Å². The van der Waals surface area contributed by atoms with Crippen molar-refractivity contribution >= 4 is 11.9 Å². The maximum atomic E-state index is 9.43. The normalized spacial score (nSPS) is 8.00. The van der Waals surface area contributed by atoms with Crippen LogP contribution in [0.15, 0.2) is 11.1 Å². The van der Waals surface area contributed by atoms with E-state index in [-0.39, 0.29) is 0 Å². The van der Waals surface area contributed by atoms with E-state index in [0.717, 1.165) is 0 Å². The van der Waals surface area contributed by atoms with Crippen LogP contribution in [0, 0.1) is 0 Å². The first-order valence-electron chi connectivity index (χ1n) is 3.81. The van der Waals surface area contributed by atoms with Gasteiger partial charge in [-0.15, -0.1) is 0 Å². The number of carbonyl (C=O) groups is 2. The van der Waals surface area contributed by atoms with Crippen molar-refractivity contribution in [3.05, 3.63) is 11.1 Å². The maximum Gasteiger partial charge on any atom is 0.314 e. The van der Waals surface area contributed by atoms with Crippen LogP contribution in [-0.4, -0.2) is 22.2 Å². The van der Waals surface area contributed by atoms with Gasteiger partial charge in [0, 0.05) is 0 Å². The zero-order valence-corrected chi connectivity index (χ0v) is 8.42. The number of carboxylic acid groups (broad SMARTS) is 2. The van der Waals surface area contributed by atoms with E-state index in [9.17, 15) is 9.59 Å². The topological polar surface area (TPSA) is 74.6 Å². The van der Waals surface area contributed by atoms with E-state index in [1.54, 1.807) is 0 Å². The highest BCUT2D eigenvalue weighted by atomic mass is 16.4. The molecule has 0 bridgehead atoms. The average Bonchev–Trinajstić information content (AvgIpc) is 1.84. The fraction of sp³-hybridized carbons (Fsp3) is 0.556. The zero-order chi connectivity index (χ0) is 11.0. The van der Waals surface area contributed by atoms with Crippen LogP contribution >= 0.6 is 0 Å². The summed E-state index contributed by atoms with van der Waals surface area (Å²) in [7, 11) is 0. The van der Waals surface area contributed by atoms with E-state index in [1.165, 1.54) is 11.1 Å². The second-order valence-electron chi connectivity index (χ2n) is 2.96. The van der Waals surface area contributed by atoms with Crippen molar-refractivity contribution in [1.82, 2.24) is 0 Å². The minimum Gasteiger partial charge on any atom is -0.481 e. The molecule has 0 heterocycles. The Morgan fingerprint density at radius 3 is 1.08 bits per heavy atom. The van der Waals surface area contributed by atoms with Gasteiger partial charge in [0.2, 0.25) is 0 Å². The highest BCUT2D eigenvalue weighted by Crippen LogP contribution is 1.96. The van der Waals surface area contributed by atoms with Gasteiger partial charge in [0.1, 0.15) is 6.42 Å². The van der Waals surface area contributed by atoms with Crippen molar-refractivity contribution in [2.75, 3.05) is 0 Å². The molecule has 2 N–H and O–H groups in total. The van der Waals surface area contributed by atoms with E-state index in [0.29, 0.717) is 0 Å². The largest absolute Gasteiger partial charge is 0.481 e. The summed E-state index contributed by atoms with van der Waals surface area (Å²) < 4.78 is 0. The van der Waals surface area contributed by atoms with Crippen molar-refractivity contribution in [1.29, 1.82) is 0 Å². The van der Waals surface area contributed by atoms with Gasteiger partial charge in [0.05, 0.1) is 0 Å². The highest BCUT2D eigenvalue weighted by Gasteiger charge is 2.01. The minimum atomic E-state index is -1.31. The number of allylic oxidation sites excluding steroid dienone is 2. The lowest BCUT2D eigenvalue weighted by molar-refractivity contribution is -0.147. The fourth-order valence-corrected chi connectivity index (χ4v) is 0.129. The third-order valence-corrected chi connectivity index (χ3v) is 1.30. The van der Waals surface area contributed by atoms with Crippen LogP contribution in [0.3, 0.4) is 0 Å². The monoisotopic (exact) mass is 188 g/mol. The highest BCUT2D eigenvalue weighted by molar-refractivity contribution is 5.88. The van der Waals surface area contributed by atoms with E-state index >= 15 is 0 Å². The van der Waals surface area contributed by atoms with Crippen LogP contribution in [0.25, 0.3) is 0 Å². The fourth-order valence-electron chi connectivity index (χ4n) is 0.129. The molecule has 76 valence electrons. The van der Waals surface area contributed by atoms with Crippen LogP contribution in [0.1, 0.15) is 34.1 Å². The minimum absolute atomic E-state index is 0.806. The summed E-state index contributed by atoms with van der Waals surface area (Å²) in [6.45, 7) is 8.48. The molecular weight excluding hydrogens is 172 g/mol. The summed E-state index contributed by atoms with van der Waals surface area (Å²) in [6, 6.07) is 0. The second-order valence-corrected chi connectivity index (χ2v) is 2.96. The molecule has 0 rings (SSSR count). The van der Waals surface area contributed by atoms with Crippen molar-refractivity contribution in [3.63, 3.8) is 0 Å². The molecular formula is C9H16O4. The molecule has 0 aromatic heterocycles. The molecule has 13 heavy (non-hydrogen) atoms. The van der Waals surface area contributed by atoms with Crippen LogP contribution in [0.2, 0.25) is 0 Å². The summed E-state index contributed by atoms with van der Waals surface area (Å²) in [5.74, 6) is -2.62. The van der Waals surface area contributed by atoms with Crippen molar-refractivity contribution in [2.45, 2.75) is 34.1 Å². The number of rotatable bonds is 2. The van der Waals surface area contributed by atoms with Crippen LogP contribution in [-0.2, 0) is 9.59 Å². The number of hydrogen-bond donors (Lipinski definition) is 2. The first-order chi connectivity index (χ1) is 5.77. The van der Waals surface area contributed by atoms with Crippen molar-refractivity contribution in [3.8, 4) is 0 Å². The van der Waals surface area contributed by atoms with E-state index < -0.39 is 18.4 Å². The SMILES string of the molecule is CC(C)=C(C)C.O=C(O)CC(=O)O. The Morgan fingerprint density at radius 2 is 1.08 bits per heavy atom. The molecule has 0 aliphatic heterocycles. The van der Waals surface area contributed by atoms with Gasteiger partial charge in [-0.2, -0.15) is 0 Å². The molecule has 0 spiro atoms. The summed E-state index contributed by atoms with van der Waals surface area (Å²) in [4.78, 5) is 18.9. The molecule has 4 heteroatoms. The third kappa shape index (κ3) is 18.0. The molecule has 0 radical (unpaired) electrons. The maximum absolute atomic E-state index is 9.43. The molecule has 0 atom stereocenters. The number of aliphatic carboxylic acids is 2. The lowest BCUT2D eigenvalue weighted by Gasteiger charge is -1.88. The van der Waals surface area contributed by atoms with Gasteiger partial charge in [-0.05, 0) is 27.7 Å². The molecule has 0 fully saturated rings. The predicted molar refractivity (Wildman–Crippen MR) is 49.6 cm³/mol. The molecule has 0 aliphatic carbocycles. The predicted octanol–water partition coefficient (Wildman–Crippen LogP) is 1.91. The van der Waals surface area contributed by atoms with Gasteiger partial charge in [-0.25, -0.2) is 0 Å². The van der Waals surface area contributed by atoms with Gasteiger partial charge in [-0.3, -0.25) is 9.59 Å². The van der Waals surface area contributed by atoms with Gasteiger partial charge in [0.25, 0.3) is 0 Å². The Kier molecular flexibility index (Phi) is 8.02. The van der Waals surface area contributed by atoms with Crippen LogP contribution < -0.4 is 0 Å². The quantitative estimate of drug-likeness (QED) is 0.512. The lowest BCUT2D eigenvalue weighted by atomic mass is 10.2. The Hall–Kier alpha value is -1.32. The van der Waals surface area contributed by atoms with Gasteiger partial charge >= 0.3 is 11.9 Å². The Morgan fingerprint density at radius 1 is 0.846 bits per heavy atom. The van der Waals surface area contributed by atoms with E-state index in [1.807, 2.05) is 0 Å². The molecule has 0 unspecified atom stereocenters. The number of carboxylic acids is 2. The zero-order valence-electron chi connectivity index (χ0n) is 8.42. The first kappa shape index (κ1) is 14.2. The molecule has 0 saturated heterocycles. The smallest absolute Gasteiger partial charge is 0.314 e. The lowest BCUT2D eigenvalue weighted by Crippen LogP contribution is -2.03. The number of hydrogen-bond acceptors (Lipinski definition) is 2. The summed E-state index contributed by atoms with van der Waals surface area (Å²) >= 11 is 0. The van der Waals surface area contributed by atoms with Crippen molar-refractivity contribution in [2.24, 2.45) is 0 Å². The molecule has 0 aromatic rings. The van der Waals surface area contributed by atoms with Gasteiger partial charge in [0.15, 0.2) is 0 Å². The Balaban J connectivity index is 0. The molecule has 0 amide bonds. The average molecular weight is 188 g/mol. The van der Waals surface area contributed by atoms with Crippen molar-refractivity contribution < 1.29 is 19.8 Å². The molecule has 0 aliphatic rings. The second kappa shape index (κ2) is 7.34. The first-order valence-corrected chi connectivity index (χ1v) is 3.81. The van der Waals surface area contributed by atoms with Crippen LogP contribution in [0.4, 0.5) is 0 Å². The summed E-state index contributed by atoms with van der Waals surface area (Å²) in [6.07, 6.45) is -0.806. The molecule has 0 aromatic carbocycles. The Bertz CT molecular complexity index is 186. The summed E-state index contributed by atoms with van der Waals surface area (Å²) in [5, 5.41) is 15.4. The molecule has 4 nitrogen and oxygen atoms in total. The van der Waals surface area contributed by atoms with E-state index in [4.69, 9.17) is 10.2 Å². The molecule has 0 saturated carbocycles. The van der Waals surface area contributed by atoms with E-state index in [2.05, 4.69) is 27.7 Å². The summed E-state index contributed by atoms with van der Waals surface area (Å²) in [5.41, 5.74) is 2.85.